The standard InChI is InChI=1S/C24H39N11O5/c1-13(2)6-16(25)20(36)34-18(7-14-9-28-11-31-14)22(38)33-17(4-3-5-30-24(26)27)21(37)35-19(23(39)40)8-15-10-29-12-32-15/h9-13,16-19H,3-8,25H2,1-2H3,(H,28,31)(H,29,32)(H,33,38)(H,34,36)(H,35,37)(H,39,40)(H4,26,27,30). The summed E-state index contributed by atoms with van der Waals surface area (Å²) in [5, 5.41) is 17.4. The van der Waals surface area contributed by atoms with E-state index in [1.54, 1.807) is 0 Å². The average Bonchev–Trinajstić information content (AvgIpc) is 3.58. The van der Waals surface area contributed by atoms with Crippen molar-refractivity contribution in [1.82, 2.24) is 35.9 Å². The molecular formula is C24H39N11O5. The molecule has 0 saturated heterocycles. The number of carboxylic acids is 1. The van der Waals surface area contributed by atoms with Crippen LogP contribution in [0.25, 0.3) is 0 Å². The minimum atomic E-state index is -1.29. The molecule has 0 aliphatic rings. The Kier molecular flexibility index (Phi) is 12.6. The number of aliphatic carboxylic acids is 1. The third-order valence-corrected chi connectivity index (χ3v) is 5.85. The summed E-state index contributed by atoms with van der Waals surface area (Å²) >= 11 is 0. The smallest absolute Gasteiger partial charge is 0.326 e. The second-order valence-electron chi connectivity index (χ2n) is 9.77. The Labute approximate surface area is 231 Å². The van der Waals surface area contributed by atoms with Crippen molar-refractivity contribution in [3.63, 3.8) is 0 Å². The monoisotopic (exact) mass is 561 g/mol. The van der Waals surface area contributed by atoms with Crippen LogP contribution in [0.2, 0.25) is 0 Å². The predicted octanol–water partition coefficient (Wildman–Crippen LogP) is -2.12. The van der Waals surface area contributed by atoms with Gasteiger partial charge in [0, 0.05) is 43.2 Å². The van der Waals surface area contributed by atoms with E-state index in [2.05, 4.69) is 40.9 Å². The number of carboxylic acid groups (broad SMARTS) is 1. The Morgan fingerprint density at radius 3 is 1.93 bits per heavy atom. The molecule has 0 aromatic carbocycles. The van der Waals surface area contributed by atoms with E-state index in [1.807, 2.05) is 13.8 Å². The van der Waals surface area contributed by atoms with Crippen molar-refractivity contribution in [2.45, 2.75) is 70.1 Å². The number of carbonyl (C=O) groups excluding carboxylic acids is 3. The summed E-state index contributed by atoms with van der Waals surface area (Å²) < 4.78 is 0. The molecule has 16 heteroatoms. The molecule has 0 saturated carbocycles. The van der Waals surface area contributed by atoms with Crippen molar-refractivity contribution in [2.75, 3.05) is 6.54 Å². The Bertz CT molecular complexity index is 1110. The van der Waals surface area contributed by atoms with Crippen molar-refractivity contribution in [1.29, 1.82) is 0 Å². The molecule has 0 bridgehead atoms. The Balaban J connectivity index is 2.21. The lowest BCUT2D eigenvalue weighted by atomic mass is 10.0. The first-order chi connectivity index (χ1) is 19.0. The fourth-order valence-electron chi connectivity index (χ4n) is 3.85. The molecule has 4 unspecified atom stereocenters. The van der Waals surface area contributed by atoms with Crippen molar-refractivity contribution in [3.8, 4) is 0 Å². The van der Waals surface area contributed by atoms with Gasteiger partial charge >= 0.3 is 5.97 Å². The largest absolute Gasteiger partial charge is 0.480 e. The van der Waals surface area contributed by atoms with Gasteiger partial charge in [0.15, 0.2) is 5.96 Å². The predicted molar refractivity (Wildman–Crippen MR) is 145 cm³/mol. The lowest BCUT2D eigenvalue weighted by Crippen LogP contribution is -2.58. The number of amides is 3. The molecule has 0 aliphatic heterocycles. The molecular weight excluding hydrogens is 522 g/mol. The Morgan fingerprint density at radius 2 is 1.43 bits per heavy atom. The summed E-state index contributed by atoms with van der Waals surface area (Å²) in [4.78, 5) is 68.6. The molecule has 0 aliphatic carbocycles. The number of carbonyl (C=O) groups is 4. The maximum Gasteiger partial charge on any atom is 0.326 e. The van der Waals surface area contributed by atoms with E-state index in [0.717, 1.165) is 0 Å². The van der Waals surface area contributed by atoms with E-state index in [4.69, 9.17) is 17.2 Å². The van der Waals surface area contributed by atoms with Gasteiger partial charge in [-0.05, 0) is 25.2 Å². The number of nitrogens with zero attached hydrogens (tertiary/aromatic N) is 3. The maximum atomic E-state index is 13.4. The van der Waals surface area contributed by atoms with E-state index in [0.29, 0.717) is 24.2 Å². The summed E-state index contributed by atoms with van der Waals surface area (Å²) in [6.07, 6.45) is 6.57. The van der Waals surface area contributed by atoms with Crippen LogP contribution in [0.5, 0.6) is 0 Å². The second kappa shape index (κ2) is 15.8. The van der Waals surface area contributed by atoms with Crippen LogP contribution < -0.4 is 33.2 Å². The van der Waals surface area contributed by atoms with Gasteiger partial charge in [-0.2, -0.15) is 0 Å². The number of rotatable bonds is 17. The molecule has 4 atom stereocenters. The van der Waals surface area contributed by atoms with Crippen molar-refractivity contribution >= 4 is 29.7 Å². The highest BCUT2D eigenvalue weighted by molar-refractivity contribution is 5.94. The van der Waals surface area contributed by atoms with Crippen LogP contribution in [-0.4, -0.2) is 85.4 Å². The second-order valence-corrected chi connectivity index (χ2v) is 9.77. The van der Waals surface area contributed by atoms with Crippen LogP contribution in [0.15, 0.2) is 30.0 Å². The molecule has 0 spiro atoms. The molecule has 40 heavy (non-hydrogen) atoms. The molecule has 2 aromatic heterocycles. The zero-order chi connectivity index (χ0) is 29.7. The molecule has 0 fully saturated rings. The number of nitrogens with two attached hydrogens (primary N) is 3. The van der Waals surface area contributed by atoms with Gasteiger partial charge in [-0.1, -0.05) is 13.8 Å². The van der Waals surface area contributed by atoms with Crippen molar-refractivity contribution in [3.05, 3.63) is 36.4 Å². The number of guanidine groups is 1. The van der Waals surface area contributed by atoms with E-state index in [9.17, 15) is 24.3 Å². The van der Waals surface area contributed by atoms with Gasteiger partial charge in [-0.25, -0.2) is 14.8 Å². The summed E-state index contributed by atoms with van der Waals surface area (Å²) in [5.74, 6) is -3.15. The number of hydrogen-bond donors (Lipinski definition) is 9. The van der Waals surface area contributed by atoms with Crippen LogP contribution in [0.1, 0.15) is 44.5 Å². The maximum absolute atomic E-state index is 13.4. The number of aromatic amines is 2. The Hall–Kier alpha value is -4.47. The highest BCUT2D eigenvalue weighted by Gasteiger charge is 2.31. The Morgan fingerprint density at radius 1 is 0.900 bits per heavy atom. The molecule has 16 nitrogen and oxygen atoms in total. The van der Waals surface area contributed by atoms with Gasteiger partial charge in [0.1, 0.15) is 18.1 Å². The van der Waals surface area contributed by atoms with E-state index >= 15 is 0 Å². The van der Waals surface area contributed by atoms with Crippen LogP contribution in [-0.2, 0) is 32.0 Å². The molecule has 0 radical (unpaired) electrons. The number of aromatic nitrogens is 4. The number of imidazole rings is 2. The zero-order valence-electron chi connectivity index (χ0n) is 22.6. The topological polar surface area (TPSA) is 272 Å². The number of H-pyrrole nitrogens is 2. The van der Waals surface area contributed by atoms with Crippen LogP contribution in [0.4, 0.5) is 0 Å². The molecule has 2 aromatic rings. The minimum absolute atomic E-state index is 0.0475. The van der Waals surface area contributed by atoms with Gasteiger partial charge in [-0.3, -0.25) is 19.4 Å². The van der Waals surface area contributed by atoms with Crippen LogP contribution >= 0.6 is 0 Å². The molecule has 220 valence electrons. The molecule has 2 rings (SSSR count). The fourth-order valence-corrected chi connectivity index (χ4v) is 3.85. The summed E-state index contributed by atoms with van der Waals surface area (Å²) in [5.41, 5.74) is 17.8. The van der Waals surface area contributed by atoms with Gasteiger partial charge in [0.2, 0.25) is 17.7 Å². The third kappa shape index (κ3) is 11.1. The zero-order valence-corrected chi connectivity index (χ0v) is 22.6. The van der Waals surface area contributed by atoms with Gasteiger partial charge < -0.3 is 48.2 Å². The van der Waals surface area contributed by atoms with Crippen molar-refractivity contribution < 1.29 is 24.3 Å². The summed E-state index contributed by atoms with van der Waals surface area (Å²) in [7, 11) is 0. The van der Waals surface area contributed by atoms with Crippen LogP contribution in [0, 0.1) is 5.92 Å². The molecule has 2 heterocycles. The number of nitrogens with one attached hydrogen (secondary N) is 5. The van der Waals surface area contributed by atoms with E-state index in [1.165, 1.54) is 25.0 Å². The number of hydrogen-bond acceptors (Lipinski definition) is 8. The number of aliphatic imine (C=N–C) groups is 1. The van der Waals surface area contributed by atoms with Crippen LogP contribution in [0.3, 0.4) is 0 Å². The summed E-state index contributed by atoms with van der Waals surface area (Å²) in [6, 6.07) is -4.38. The normalized spacial score (nSPS) is 14.0. The van der Waals surface area contributed by atoms with E-state index in [-0.39, 0.29) is 37.7 Å². The first-order valence-corrected chi connectivity index (χ1v) is 12.9. The highest BCUT2D eigenvalue weighted by atomic mass is 16.4. The van der Waals surface area contributed by atoms with Gasteiger partial charge in [0.25, 0.3) is 0 Å². The lowest BCUT2D eigenvalue weighted by molar-refractivity contribution is -0.142. The average molecular weight is 562 g/mol. The quantitative estimate of drug-likeness (QED) is 0.0575. The van der Waals surface area contributed by atoms with Gasteiger partial charge in [-0.15, -0.1) is 0 Å². The fraction of sp³-hybridized carbons (Fsp3) is 0.542. The third-order valence-electron chi connectivity index (χ3n) is 5.85. The SMILES string of the molecule is CC(C)CC(N)C(=O)NC(Cc1cnc[nH]1)C(=O)NC(CCCN=C(N)N)C(=O)NC(Cc1cnc[nH]1)C(=O)O. The molecule has 12 N–H and O–H groups in total. The summed E-state index contributed by atoms with van der Waals surface area (Å²) in [6.45, 7) is 4.02. The highest BCUT2D eigenvalue weighted by Crippen LogP contribution is 2.07. The minimum Gasteiger partial charge on any atom is -0.480 e. The lowest BCUT2D eigenvalue weighted by Gasteiger charge is -2.25. The van der Waals surface area contributed by atoms with Gasteiger partial charge in [0.05, 0.1) is 18.7 Å². The first kappa shape index (κ1) is 31.7. The van der Waals surface area contributed by atoms with E-state index < -0.39 is 47.9 Å². The van der Waals surface area contributed by atoms with Crippen molar-refractivity contribution in [2.24, 2.45) is 28.1 Å². The first-order valence-electron chi connectivity index (χ1n) is 12.9. The molecule has 3 amide bonds.